The first-order valence-electron chi connectivity index (χ1n) is 2.41. The number of hydrogen-bond acceptors (Lipinski definition) is 3. The van der Waals surface area contributed by atoms with Crippen LogP contribution >= 0.6 is 12.2 Å². The fourth-order valence-corrected chi connectivity index (χ4v) is 0.447. The zero-order valence-corrected chi connectivity index (χ0v) is 5.74. The molecule has 0 bridgehead atoms. The van der Waals surface area contributed by atoms with Gasteiger partial charge in [-0.3, -0.25) is 5.43 Å². The van der Waals surface area contributed by atoms with E-state index in [2.05, 4.69) is 34.8 Å². The first-order valence-corrected chi connectivity index (χ1v) is 2.82. The first kappa shape index (κ1) is 8.32. The summed E-state index contributed by atoms with van der Waals surface area (Å²) < 4.78 is 0. The van der Waals surface area contributed by atoms with Gasteiger partial charge in [-0.25, -0.2) is 0 Å². The molecular weight excluding hydrogens is 138 g/mol. The van der Waals surface area contributed by atoms with E-state index in [1.807, 2.05) is 0 Å². The van der Waals surface area contributed by atoms with Crippen molar-refractivity contribution in [3.8, 4) is 0 Å². The number of thiocarbonyl (C=S) groups is 1. The van der Waals surface area contributed by atoms with Crippen LogP contribution in [0.4, 0.5) is 0 Å². The third kappa shape index (κ3) is 5.19. The summed E-state index contributed by atoms with van der Waals surface area (Å²) in [6, 6.07) is 0. The van der Waals surface area contributed by atoms with E-state index in [1.54, 1.807) is 0 Å². The predicted octanol–water partition coefficient (Wildman–Crippen LogP) is -0.942. The van der Waals surface area contributed by atoms with Crippen molar-refractivity contribution in [3.05, 3.63) is 0 Å². The van der Waals surface area contributed by atoms with Gasteiger partial charge in [0.2, 0.25) is 0 Å². The molecule has 0 fully saturated rings. The Bertz CT molecular complexity index is 106. The molecule has 52 valence electrons. The molecule has 9 heavy (non-hydrogen) atoms. The number of rotatable bonds is 3. The van der Waals surface area contributed by atoms with E-state index in [9.17, 15) is 0 Å². The second-order valence-corrected chi connectivity index (χ2v) is 1.66. The quantitative estimate of drug-likeness (QED) is 0.274. The zero-order chi connectivity index (χ0) is 7.11. The van der Waals surface area contributed by atoms with Crippen LogP contribution in [0.15, 0.2) is 5.10 Å². The molecule has 0 radical (unpaired) electrons. The summed E-state index contributed by atoms with van der Waals surface area (Å²) in [7, 11) is 0. The maximum Gasteiger partial charge on any atom is 0.187 e. The van der Waals surface area contributed by atoms with Crippen molar-refractivity contribution in [2.45, 2.75) is 0 Å². The Labute approximate surface area is 59.0 Å². The smallest absolute Gasteiger partial charge is 0.187 e. The summed E-state index contributed by atoms with van der Waals surface area (Å²) in [5.41, 5.74) is 2.40. The lowest BCUT2D eigenvalue weighted by Crippen LogP contribution is -2.33. The van der Waals surface area contributed by atoms with Crippen molar-refractivity contribution in [2.24, 2.45) is 5.10 Å². The molecule has 0 aromatic carbocycles. The summed E-state index contributed by atoms with van der Waals surface area (Å²) in [4.78, 5) is 0. The topological polar surface area (TPSA) is 56.7 Å². The molecule has 0 aliphatic rings. The number of aliphatic hydroxyl groups excluding tert-OH is 1. The number of nitrogens with zero attached hydrogens (tertiary/aromatic N) is 1. The summed E-state index contributed by atoms with van der Waals surface area (Å²) >= 11 is 4.65. The van der Waals surface area contributed by atoms with Gasteiger partial charge >= 0.3 is 0 Å². The van der Waals surface area contributed by atoms with E-state index < -0.39 is 0 Å². The van der Waals surface area contributed by atoms with Crippen molar-refractivity contribution in [1.29, 1.82) is 0 Å². The highest BCUT2D eigenvalue weighted by atomic mass is 32.1. The molecule has 0 unspecified atom stereocenters. The molecule has 0 atom stereocenters. The van der Waals surface area contributed by atoms with E-state index in [-0.39, 0.29) is 6.61 Å². The lowest BCUT2D eigenvalue weighted by molar-refractivity contribution is 0.300. The van der Waals surface area contributed by atoms with Gasteiger partial charge in [-0.15, -0.1) is 0 Å². The summed E-state index contributed by atoms with van der Waals surface area (Å²) in [5, 5.41) is 14.6. The highest BCUT2D eigenvalue weighted by Gasteiger charge is 1.87. The second-order valence-electron chi connectivity index (χ2n) is 1.25. The molecule has 5 heteroatoms. The maximum atomic E-state index is 8.29. The molecule has 0 aromatic heterocycles. The van der Waals surface area contributed by atoms with Gasteiger partial charge in [0, 0.05) is 13.3 Å². The van der Waals surface area contributed by atoms with Gasteiger partial charge in [0.25, 0.3) is 0 Å². The molecule has 0 amide bonds. The average Bonchev–Trinajstić information content (AvgIpc) is 1.85. The molecule has 0 heterocycles. The minimum atomic E-state index is 0.0545. The van der Waals surface area contributed by atoms with Crippen molar-refractivity contribution < 1.29 is 5.11 Å². The van der Waals surface area contributed by atoms with E-state index in [4.69, 9.17) is 5.11 Å². The van der Waals surface area contributed by atoms with Gasteiger partial charge in [-0.1, -0.05) is 0 Å². The number of aliphatic hydroxyl groups is 1. The lowest BCUT2D eigenvalue weighted by atomic mass is 10.7. The van der Waals surface area contributed by atoms with E-state index in [0.29, 0.717) is 11.7 Å². The van der Waals surface area contributed by atoms with Crippen LogP contribution in [-0.2, 0) is 0 Å². The molecule has 4 nitrogen and oxygen atoms in total. The van der Waals surface area contributed by atoms with Crippen molar-refractivity contribution in [1.82, 2.24) is 10.7 Å². The fraction of sp³-hybridized carbons (Fsp3) is 0.500. The standard InChI is InChI=1S/C4H9N3OS/c1-5-7-4(9)6-2-3-8/h8H,1-3H2,(H2,6,7,9). The molecule has 0 aromatic rings. The van der Waals surface area contributed by atoms with Gasteiger partial charge in [0.1, 0.15) is 0 Å². The number of hydrogen-bond donors (Lipinski definition) is 3. The second kappa shape index (κ2) is 5.46. The molecule has 0 saturated heterocycles. The largest absolute Gasteiger partial charge is 0.395 e. The zero-order valence-electron chi connectivity index (χ0n) is 4.92. The monoisotopic (exact) mass is 147 g/mol. The van der Waals surface area contributed by atoms with Gasteiger partial charge in [-0.2, -0.15) is 5.10 Å². The normalized spacial score (nSPS) is 8.11. The van der Waals surface area contributed by atoms with Crippen LogP contribution in [0.25, 0.3) is 0 Å². The van der Waals surface area contributed by atoms with Crippen molar-refractivity contribution >= 4 is 24.0 Å². The highest BCUT2D eigenvalue weighted by molar-refractivity contribution is 7.80. The van der Waals surface area contributed by atoms with Crippen LogP contribution in [0, 0.1) is 0 Å². The molecule has 0 spiro atoms. The van der Waals surface area contributed by atoms with Gasteiger partial charge in [0.15, 0.2) is 5.11 Å². The number of nitrogens with one attached hydrogen (secondary N) is 2. The Morgan fingerprint density at radius 3 is 2.89 bits per heavy atom. The maximum absolute atomic E-state index is 8.29. The van der Waals surface area contributed by atoms with Crippen LogP contribution in [0.2, 0.25) is 0 Å². The van der Waals surface area contributed by atoms with Crippen LogP contribution in [0.1, 0.15) is 0 Å². The molecule has 0 aliphatic heterocycles. The lowest BCUT2D eigenvalue weighted by Gasteiger charge is -2.02. The van der Waals surface area contributed by atoms with Gasteiger partial charge < -0.3 is 10.4 Å². The third-order valence-electron chi connectivity index (χ3n) is 0.578. The minimum Gasteiger partial charge on any atom is -0.395 e. The SMILES string of the molecule is C=NNC(=S)NCCO. The van der Waals surface area contributed by atoms with Crippen LogP contribution in [-0.4, -0.2) is 30.1 Å². The molecular formula is C4H9N3OS. The predicted molar refractivity (Wildman–Crippen MR) is 40.4 cm³/mol. The molecule has 0 rings (SSSR count). The molecule has 3 N–H and O–H groups in total. The average molecular weight is 147 g/mol. The van der Waals surface area contributed by atoms with E-state index in [1.165, 1.54) is 0 Å². The summed E-state index contributed by atoms with van der Waals surface area (Å²) in [6.45, 7) is 3.64. The Kier molecular flexibility index (Phi) is 5.04. The van der Waals surface area contributed by atoms with Crippen molar-refractivity contribution in [3.63, 3.8) is 0 Å². The van der Waals surface area contributed by atoms with Crippen LogP contribution < -0.4 is 10.7 Å². The van der Waals surface area contributed by atoms with Gasteiger partial charge in [0.05, 0.1) is 6.61 Å². The first-order chi connectivity index (χ1) is 4.31. The Morgan fingerprint density at radius 1 is 1.78 bits per heavy atom. The van der Waals surface area contributed by atoms with Crippen molar-refractivity contribution in [2.75, 3.05) is 13.2 Å². The Morgan fingerprint density at radius 2 is 2.44 bits per heavy atom. The summed E-state index contributed by atoms with van der Waals surface area (Å²) in [6.07, 6.45) is 0. The number of hydrazone groups is 1. The van der Waals surface area contributed by atoms with E-state index >= 15 is 0 Å². The minimum absolute atomic E-state index is 0.0545. The molecule has 0 saturated carbocycles. The summed E-state index contributed by atoms with van der Waals surface area (Å²) in [5.74, 6) is 0. The van der Waals surface area contributed by atoms with Crippen LogP contribution in [0.5, 0.6) is 0 Å². The fourth-order valence-electron chi connectivity index (χ4n) is 0.281. The molecule has 0 aliphatic carbocycles. The third-order valence-corrected chi connectivity index (χ3v) is 0.814. The van der Waals surface area contributed by atoms with Crippen LogP contribution in [0.3, 0.4) is 0 Å². The Hall–Kier alpha value is -0.680. The Balaban J connectivity index is 3.16. The van der Waals surface area contributed by atoms with Gasteiger partial charge in [-0.05, 0) is 12.2 Å². The highest BCUT2D eigenvalue weighted by Crippen LogP contribution is 1.63. The van der Waals surface area contributed by atoms with E-state index in [0.717, 1.165) is 0 Å².